The minimum Gasteiger partial charge on any atom is -0.483 e. The summed E-state index contributed by atoms with van der Waals surface area (Å²) in [6.45, 7) is 1.98. The highest BCUT2D eigenvalue weighted by Gasteiger charge is 2.52. The van der Waals surface area contributed by atoms with E-state index in [0.29, 0.717) is 18.2 Å². The number of oxime groups is 1. The van der Waals surface area contributed by atoms with Gasteiger partial charge in [-0.05, 0) is 24.6 Å². The molecular weight excluding hydrogens is 574 g/mol. The average molecular weight is 605 g/mol. The molecule has 2 amide bonds. The molecule has 0 saturated carbocycles. The molecule has 12 heteroatoms. The van der Waals surface area contributed by atoms with Crippen LogP contribution in [-0.4, -0.2) is 58.9 Å². The van der Waals surface area contributed by atoms with E-state index in [1.807, 2.05) is 49.4 Å². The number of hydrogen-bond acceptors (Lipinski definition) is 7. The van der Waals surface area contributed by atoms with E-state index in [9.17, 15) is 23.2 Å². The van der Waals surface area contributed by atoms with Crippen LogP contribution in [0, 0.1) is 11.6 Å². The van der Waals surface area contributed by atoms with E-state index in [0.717, 1.165) is 11.6 Å². The Hall–Kier alpha value is -4.84. The van der Waals surface area contributed by atoms with Gasteiger partial charge in [-0.2, -0.15) is 0 Å². The number of rotatable bonds is 8. The molecule has 2 aromatic carbocycles. The first-order valence-corrected chi connectivity index (χ1v) is 14.1. The summed E-state index contributed by atoms with van der Waals surface area (Å²) in [5, 5.41) is 6.79. The summed E-state index contributed by atoms with van der Waals surface area (Å²) in [6, 6.07) is 11.2. The number of methoxy groups -OCH3 is 1. The maximum absolute atomic E-state index is 14.3. The highest BCUT2D eigenvalue weighted by molar-refractivity contribution is 5.99. The molecule has 44 heavy (non-hydrogen) atoms. The lowest BCUT2D eigenvalue weighted by Gasteiger charge is -2.42. The first-order chi connectivity index (χ1) is 21.2. The molecule has 0 radical (unpaired) electrons. The van der Waals surface area contributed by atoms with Crippen molar-refractivity contribution in [3.8, 4) is 5.75 Å². The van der Waals surface area contributed by atoms with Crippen molar-refractivity contribution in [1.29, 1.82) is 0 Å². The van der Waals surface area contributed by atoms with Gasteiger partial charge in [-0.25, -0.2) is 8.78 Å². The summed E-state index contributed by atoms with van der Waals surface area (Å²) in [5.41, 5.74) is -0.712. The molecule has 6 rings (SSSR count). The molecule has 0 unspecified atom stereocenters. The molecule has 1 aromatic heterocycles. The van der Waals surface area contributed by atoms with Gasteiger partial charge >= 0.3 is 0 Å². The third kappa shape index (κ3) is 5.25. The van der Waals surface area contributed by atoms with Gasteiger partial charge in [0, 0.05) is 50.5 Å². The Morgan fingerprint density at radius 1 is 1.16 bits per heavy atom. The second-order valence-electron chi connectivity index (χ2n) is 11.0. The second kappa shape index (κ2) is 11.7. The third-order valence-electron chi connectivity index (χ3n) is 8.13. The van der Waals surface area contributed by atoms with Crippen LogP contribution in [0.3, 0.4) is 0 Å². The molecule has 1 spiro atoms. The van der Waals surface area contributed by atoms with Crippen LogP contribution in [0.25, 0.3) is 0 Å². The van der Waals surface area contributed by atoms with Gasteiger partial charge in [0.25, 0.3) is 11.8 Å². The van der Waals surface area contributed by atoms with Crippen molar-refractivity contribution in [2.45, 2.75) is 44.2 Å². The first kappa shape index (κ1) is 29.2. The fraction of sp³-hybridized carbons (Fsp3) is 0.312. The number of amides is 2. The predicted molar refractivity (Wildman–Crippen MR) is 155 cm³/mol. The Morgan fingerprint density at radius 2 is 1.95 bits per heavy atom. The third-order valence-corrected chi connectivity index (χ3v) is 8.13. The lowest BCUT2D eigenvalue weighted by molar-refractivity contribution is -0.0317. The molecule has 1 N–H and O–H groups in total. The molecular formula is C32H30F2N4O6. The summed E-state index contributed by atoms with van der Waals surface area (Å²) in [4.78, 5) is 49.1. The first-order valence-electron chi connectivity index (χ1n) is 14.1. The second-order valence-corrected chi connectivity index (χ2v) is 11.0. The van der Waals surface area contributed by atoms with Crippen LogP contribution >= 0.6 is 0 Å². The number of pyridine rings is 1. The van der Waals surface area contributed by atoms with Crippen LogP contribution in [0.5, 0.6) is 5.75 Å². The number of ether oxygens (including phenoxy) is 2. The molecule has 0 aliphatic carbocycles. The number of carbonyl (C=O) groups excluding carboxylic acids is 2. The van der Waals surface area contributed by atoms with Crippen LogP contribution in [0.15, 0.2) is 76.8 Å². The molecule has 2 bridgehead atoms. The maximum Gasteiger partial charge on any atom is 0.275 e. The SMILES string of the molecule is COCC1=NO[C@@]2(C=C[C@H](C)N3C[C@H]2n2cc(C(=O)NCc4ccc(F)cc4F)c(=O)c(OCc4ccccc4)c2C3=O)C1. The lowest BCUT2D eigenvalue weighted by Crippen LogP contribution is -2.53. The summed E-state index contributed by atoms with van der Waals surface area (Å²) in [6.07, 6.45) is 5.42. The Kier molecular flexibility index (Phi) is 7.76. The fourth-order valence-corrected chi connectivity index (χ4v) is 5.82. The standard InChI is InChI=1S/C32H30F2N4O6/c1-19-10-11-32(13-23(18-42-2)36-44-32)26-16-37(19)31(41)27-29(43-17-20-6-4-3-5-7-20)28(39)24(15-38(26)27)30(40)35-14-21-8-9-22(33)12-25(21)34/h3-12,15,19,26H,13-14,16-18H2,1-2H3,(H,35,40)/t19-,26+,32-/m0/s1. The number of hydrogen-bond donors (Lipinski definition) is 1. The largest absolute Gasteiger partial charge is 0.483 e. The van der Waals surface area contributed by atoms with Gasteiger partial charge < -0.3 is 29.1 Å². The number of carbonyl (C=O) groups is 2. The monoisotopic (exact) mass is 604 g/mol. The highest BCUT2D eigenvalue weighted by Crippen LogP contribution is 2.43. The van der Waals surface area contributed by atoms with Crippen LogP contribution in [0.4, 0.5) is 8.78 Å². The minimum absolute atomic E-state index is 0.0120. The Balaban J connectivity index is 1.45. The summed E-state index contributed by atoms with van der Waals surface area (Å²) >= 11 is 0. The van der Waals surface area contributed by atoms with Gasteiger partial charge in [-0.1, -0.05) is 47.6 Å². The van der Waals surface area contributed by atoms with E-state index in [4.69, 9.17) is 14.3 Å². The van der Waals surface area contributed by atoms with Gasteiger partial charge in [0.15, 0.2) is 17.0 Å². The quantitative estimate of drug-likeness (QED) is 0.392. The molecule has 0 fully saturated rings. The van der Waals surface area contributed by atoms with Gasteiger partial charge in [-0.15, -0.1) is 0 Å². The molecule has 3 aliphatic heterocycles. The maximum atomic E-state index is 14.3. The summed E-state index contributed by atoms with van der Waals surface area (Å²) in [7, 11) is 1.55. The van der Waals surface area contributed by atoms with Crippen molar-refractivity contribution in [2.75, 3.05) is 20.3 Å². The van der Waals surface area contributed by atoms with Gasteiger partial charge in [0.1, 0.15) is 23.8 Å². The van der Waals surface area contributed by atoms with Gasteiger partial charge in [-0.3, -0.25) is 14.4 Å². The molecule has 4 heterocycles. The number of fused-ring (bicyclic) bond motifs is 5. The van der Waals surface area contributed by atoms with E-state index in [-0.39, 0.29) is 54.9 Å². The van der Waals surface area contributed by atoms with Crippen LogP contribution in [-0.2, 0) is 22.7 Å². The molecule has 0 saturated heterocycles. The van der Waals surface area contributed by atoms with Crippen molar-refractivity contribution < 1.29 is 32.7 Å². The molecule has 3 aliphatic rings. The molecule has 228 valence electrons. The number of aromatic nitrogens is 1. The van der Waals surface area contributed by atoms with Crippen molar-refractivity contribution in [1.82, 2.24) is 14.8 Å². The molecule has 3 aromatic rings. The van der Waals surface area contributed by atoms with E-state index < -0.39 is 40.5 Å². The topological polar surface area (TPSA) is 111 Å². The van der Waals surface area contributed by atoms with E-state index in [2.05, 4.69) is 10.5 Å². The number of benzene rings is 2. The normalized spacial score (nSPS) is 21.9. The highest BCUT2D eigenvalue weighted by atomic mass is 19.1. The summed E-state index contributed by atoms with van der Waals surface area (Å²) in [5.74, 6) is -3.13. The van der Waals surface area contributed by atoms with Crippen molar-refractivity contribution in [3.63, 3.8) is 0 Å². The van der Waals surface area contributed by atoms with E-state index >= 15 is 0 Å². The van der Waals surface area contributed by atoms with Crippen molar-refractivity contribution in [2.24, 2.45) is 5.16 Å². The number of nitrogens with zero attached hydrogens (tertiary/aromatic N) is 3. The average Bonchev–Trinajstić information content (AvgIpc) is 3.37. The van der Waals surface area contributed by atoms with Gasteiger partial charge in [0.05, 0.1) is 18.4 Å². The van der Waals surface area contributed by atoms with Crippen molar-refractivity contribution >= 4 is 17.5 Å². The summed E-state index contributed by atoms with van der Waals surface area (Å²) < 4.78 is 40.6. The van der Waals surface area contributed by atoms with E-state index in [1.54, 1.807) is 16.6 Å². The molecule has 10 nitrogen and oxygen atoms in total. The van der Waals surface area contributed by atoms with Crippen molar-refractivity contribution in [3.05, 3.63) is 111 Å². The fourth-order valence-electron chi connectivity index (χ4n) is 5.82. The Morgan fingerprint density at radius 3 is 2.70 bits per heavy atom. The van der Waals surface area contributed by atoms with E-state index in [1.165, 1.54) is 12.3 Å². The van der Waals surface area contributed by atoms with Crippen LogP contribution in [0.2, 0.25) is 0 Å². The lowest BCUT2D eigenvalue weighted by atomic mass is 9.87. The Labute approximate surface area is 251 Å². The zero-order valence-corrected chi connectivity index (χ0v) is 24.1. The van der Waals surface area contributed by atoms with Gasteiger partial charge in [0.2, 0.25) is 5.43 Å². The molecule has 3 atom stereocenters. The smallest absolute Gasteiger partial charge is 0.275 e. The van der Waals surface area contributed by atoms with Crippen LogP contribution < -0.4 is 15.5 Å². The zero-order chi connectivity index (χ0) is 31.0. The number of halogens is 2. The van der Waals surface area contributed by atoms with Crippen LogP contribution in [0.1, 0.15) is 51.4 Å². The minimum atomic E-state index is -1.04. The predicted octanol–water partition coefficient (Wildman–Crippen LogP) is 3.75. The number of nitrogens with one attached hydrogen (secondary N) is 1. The zero-order valence-electron chi connectivity index (χ0n) is 24.1. The Bertz CT molecular complexity index is 1740.